The average Bonchev–Trinajstić information content (AvgIpc) is 2.48. The van der Waals surface area contributed by atoms with Crippen molar-refractivity contribution in [2.75, 3.05) is 0 Å². The van der Waals surface area contributed by atoms with E-state index in [2.05, 4.69) is 29.0 Å². The summed E-state index contributed by atoms with van der Waals surface area (Å²) in [4.78, 5) is 8.93. The molecule has 104 valence electrons. The van der Waals surface area contributed by atoms with Crippen LogP contribution >= 0.6 is 0 Å². The molecule has 2 aromatic carbocycles. The van der Waals surface area contributed by atoms with Gasteiger partial charge in [0.1, 0.15) is 11.6 Å². The predicted octanol–water partition coefficient (Wildman–Crippen LogP) is 4.57. The molecule has 0 atom stereocenters. The van der Waals surface area contributed by atoms with E-state index in [0.29, 0.717) is 5.82 Å². The van der Waals surface area contributed by atoms with Crippen molar-refractivity contribution in [2.45, 2.75) is 13.8 Å². The molecule has 0 spiro atoms. The van der Waals surface area contributed by atoms with Gasteiger partial charge >= 0.3 is 0 Å². The number of hydrogen-bond acceptors (Lipinski definition) is 2. The van der Waals surface area contributed by atoms with Gasteiger partial charge in [-0.25, -0.2) is 14.4 Å². The van der Waals surface area contributed by atoms with E-state index < -0.39 is 0 Å². The minimum atomic E-state index is -0.247. The quantitative estimate of drug-likeness (QED) is 0.686. The maximum atomic E-state index is 13.0. The van der Waals surface area contributed by atoms with Crippen LogP contribution in [0.3, 0.4) is 0 Å². The molecule has 0 aliphatic carbocycles. The van der Waals surface area contributed by atoms with Crippen molar-refractivity contribution < 1.29 is 4.39 Å². The van der Waals surface area contributed by atoms with Crippen molar-refractivity contribution >= 4 is 0 Å². The monoisotopic (exact) mass is 278 g/mol. The Labute approximate surface area is 123 Å². The third-order valence-corrected chi connectivity index (χ3v) is 3.33. The second-order valence-electron chi connectivity index (χ2n) is 5.06. The fraction of sp³-hybridized carbons (Fsp3) is 0.111. The first-order valence-corrected chi connectivity index (χ1v) is 6.80. The molecule has 0 saturated heterocycles. The lowest BCUT2D eigenvalue weighted by atomic mass is 10.1. The van der Waals surface area contributed by atoms with Gasteiger partial charge < -0.3 is 0 Å². The Kier molecular flexibility index (Phi) is 3.48. The largest absolute Gasteiger partial charge is 0.233 e. The Bertz CT molecular complexity index is 698. The zero-order valence-electron chi connectivity index (χ0n) is 12.0. The molecule has 0 aliphatic rings. The summed E-state index contributed by atoms with van der Waals surface area (Å²) in [6, 6.07) is 16.5. The van der Waals surface area contributed by atoms with Crippen LogP contribution in [0.4, 0.5) is 4.39 Å². The first kappa shape index (κ1) is 13.4. The average molecular weight is 278 g/mol. The van der Waals surface area contributed by atoms with Crippen LogP contribution in [0.5, 0.6) is 0 Å². The number of nitrogens with zero attached hydrogens (tertiary/aromatic N) is 2. The second kappa shape index (κ2) is 5.44. The van der Waals surface area contributed by atoms with Crippen LogP contribution in [0.2, 0.25) is 0 Å². The number of halogens is 1. The molecule has 0 saturated carbocycles. The highest BCUT2D eigenvalue weighted by Gasteiger charge is 2.06. The fourth-order valence-corrected chi connectivity index (χ4v) is 2.21. The zero-order valence-corrected chi connectivity index (χ0v) is 12.0. The van der Waals surface area contributed by atoms with Crippen molar-refractivity contribution in [3.63, 3.8) is 0 Å². The fourth-order valence-electron chi connectivity index (χ4n) is 2.21. The van der Waals surface area contributed by atoms with Crippen molar-refractivity contribution in [1.82, 2.24) is 9.97 Å². The standard InChI is InChI=1S/C18H15FN2/c1-12-3-5-14(6-4-12)17-11-18(21-13(2)20-17)15-7-9-16(19)10-8-15/h3-11H,1-2H3. The Hall–Kier alpha value is -2.55. The van der Waals surface area contributed by atoms with Gasteiger partial charge in [-0.15, -0.1) is 0 Å². The number of aryl methyl sites for hydroxylation is 2. The maximum absolute atomic E-state index is 13.0. The van der Waals surface area contributed by atoms with Crippen LogP contribution in [0.25, 0.3) is 22.5 Å². The van der Waals surface area contributed by atoms with E-state index in [4.69, 9.17) is 0 Å². The lowest BCUT2D eigenvalue weighted by Crippen LogP contribution is -1.94. The molecule has 0 amide bonds. The molecule has 3 aromatic rings. The first-order valence-electron chi connectivity index (χ1n) is 6.80. The van der Waals surface area contributed by atoms with Crippen LogP contribution in [0.15, 0.2) is 54.6 Å². The summed E-state index contributed by atoms with van der Waals surface area (Å²) < 4.78 is 13.0. The Morgan fingerprint density at radius 2 is 1.19 bits per heavy atom. The Balaban J connectivity index is 2.07. The molecule has 0 fully saturated rings. The SMILES string of the molecule is Cc1ccc(-c2cc(-c3ccc(F)cc3)nc(C)n2)cc1. The lowest BCUT2D eigenvalue weighted by molar-refractivity contribution is 0.628. The summed E-state index contributed by atoms with van der Waals surface area (Å²) in [6.07, 6.45) is 0. The van der Waals surface area contributed by atoms with Crippen molar-refractivity contribution in [3.8, 4) is 22.5 Å². The van der Waals surface area contributed by atoms with Crippen LogP contribution in [-0.4, -0.2) is 9.97 Å². The molecule has 0 N–H and O–H groups in total. The van der Waals surface area contributed by atoms with E-state index >= 15 is 0 Å². The minimum absolute atomic E-state index is 0.247. The molecular formula is C18H15FN2. The predicted molar refractivity (Wildman–Crippen MR) is 82.3 cm³/mol. The van der Waals surface area contributed by atoms with E-state index in [1.165, 1.54) is 17.7 Å². The van der Waals surface area contributed by atoms with Gasteiger partial charge in [0, 0.05) is 11.1 Å². The van der Waals surface area contributed by atoms with Gasteiger partial charge in [-0.3, -0.25) is 0 Å². The van der Waals surface area contributed by atoms with Crippen molar-refractivity contribution in [3.05, 3.63) is 71.8 Å². The summed E-state index contributed by atoms with van der Waals surface area (Å²) in [5.41, 5.74) is 4.83. The zero-order chi connectivity index (χ0) is 14.8. The van der Waals surface area contributed by atoms with E-state index in [1.54, 1.807) is 12.1 Å². The van der Waals surface area contributed by atoms with Crippen LogP contribution in [-0.2, 0) is 0 Å². The molecule has 0 aliphatic heterocycles. The van der Waals surface area contributed by atoms with Gasteiger partial charge in [0.15, 0.2) is 0 Å². The van der Waals surface area contributed by atoms with Gasteiger partial charge in [-0.1, -0.05) is 29.8 Å². The van der Waals surface area contributed by atoms with Crippen molar-refractivity contribution in [1.29, 1.82) is 0 Å². The smallest absolute Gasteiger partial charge is 0.126 e. The van der Waals surface area contributed by atoms with Crippen LogP contribution < -0.4 is 0 Å². The molecule has 2 nitrogen and oxygen atoms in total. The van der Waals surface area contributed by atoms with Crippen LogP contribution in [0, 0.1) is 19.7 Å². The first-order chi connectivity index (χ1) is 10.1. The highest BCUT2D eigenvalue weighted by atomic mass is 19.1. The Morgan fingerprint density at radius 3 is 1.71 bits per heavy atom. The van der Waals surface area contributed by atoms with Crippen LogP contribution in [0.1, 0.15) is 11.4 Å². The Morgan fingerprint density at radius 1 is 0.714 bits per heavy atom. The number of benzene rings is 2. The number of hydrogen-bond donors (Lipinski definition) is 0. The van der Waals surface area contributed by atoms with Gasteiger partial charge in [0.05, 0.1) is 11.4 Å². The van der Waals surface area contributed by atoms with E-state index in [-0.39, 0.29) is 5.82 Å². The molecule has 0 radical (unpaired) electrons. The van der Waals surface area contributed by atoms with Crippen molar-refractivity contribution in [2.24, 2.45) is 0 Å². The normalized spacial score (nSPS) is 10.6. The van der Waals surface area contributed by atoms with E-state index in [1.807, 2.05) is 25.1 Å². The molecule has 0 bridgehead atoms. The third-order valence-electron chi connectivity index (χ3n) is 3.33. The summed E-state index contributed by atoms with van der Waals surface area (Å²) >= 11 is 0. The van der Waals surface area contributed by atoms with Gasteiger partial charge in [0.25, 0.3) is 0 Å². The second-order valence-corrected chi connectivity index (χ2v) is 5.06. The molecule has 1 aromatic heterocycles. The topological polar surface area (TPSA) is 25.8 Å². The lowest BCUT2D eigenvalue weighted by Gasteiger charge is -2.07. The van der Waals surface area contributed by atoms with Gasteiger partial charge in [-0.2, -0.15) is 0 Å². The molecular weight excluding hydrogens is 263 g/mol. The third kappa shape index (κ3) is 2.97. The number of aromatic nitrogens is 2. The minimum Gasteiger partial charge on any atom is -0.233 e. The van der Waals surface area contributed by atoms with E-state index in [0.717, 1.165) is 22.5 Å². The summed E-state index contributed by atoms with van der Waals surface area (Å²) in [7, 11) is 0. The highest BCUT2D eigenvalue weighted by molar-refractivity contribution is 5.67. The summed E-state index contributed by atoms with van der Waals surface area (Å²) in [6.45, 7) is 3.92. The summed E-state index contributed by atoms with van der Waals surface area (Å²) in [5.74, 6) is 0.454. The molecule has 3 heteroatoms. The molecule has 3 rings (SSSR count). The highest BCUT2D eigenvalue weighted by Crippen LogP contribution is 2.24. The summed E-state index contributed by atoms with van der Waals surface area (Å²) in [5, 5.41) is 0. The molecule has 0 unspecified atom stereocenters. The van der Waals surface area contributed by atoms with Gasteiger partial charge in [-0.05, 0) is 44.2 Å². The molecule has 1 heterocycles. The molecule has 21 heavy (non-hydrogen) atoms. The number of rotatable bonds is 2. The maximum Gasteiger partial charge on any atom is 0.126 e. The van der Waals surface area contributed by atoms with E-state index in [9.17, 15) is 4.39 Å². The van der Waals surface area contributed by atoms with Gasteiger partial charge in [0.2, 0.25) is 0 Å².